The van der Waals surface area contributed by atoms with Gasteiger partial charge >= 0.3 is 0 Å². The fourth-order valence-electron chi connectivity index (χ4n) is 2.55. The molecule has 1 atom stereocenters. The number of nitrogens with zero attached hydrogens (tertiary/aromatic N) is 5. The zero-order valence-corrected chi connectivity index (χ0v) is 15.7. The number of anilines is 2. The maximum absolute atomic E-state index is 13.2. The van der Waals surface area contributed by atoms with E-state index in [4.69, 9.17) is 0 Å². The lowest BCUT2D eigenvalue weighted by Crippen LogP contribution is -2.19. The summed E-state index contributed by atoms with van der Waals surface area (Å²) in [6.07, 6.45) is 8.84. The summed E-state index contributed by atoms with van der Waals surface area (Å²) in [7, 11) is 0. The van der Waals surface area contributed by atoms with Gasteiger partial charge in [-0.2, -0.15) is 10.1 Å². The van der Waals surface area contributed by atoms with Crippen molar-refractivity contribution in [2.45, 2.75) is 17.4 Å². The van der Waals surface area contributed by atoms with Gasteiger partial charge in [-0.05, 0) is 52.8 Å². The van der Waals surface area contributed by atoms with E-state index in [0.717, 1.165) is 5.56 Å². The van der Waals surface area contributed by atoms with Gasteiger partial charge in [0.15, 0.2) is 11.6 Å². The normalized spacial score (nSPS) is 16.5. The van der Waals surface area contributed by atoms with E-state index in [-0.39, 0.29) is 23.2 Å². The lowest BCUT2D eigenvalue weighted by Gasteiger charge is -2.17. The molecule has 0 bridgehead atoms. The summed E-state index contributed by atoms with van der Waals surface area (Å²) in [4.78, 5) is 9.89. The van der Waals surface area contributed by atoms with E-state index in [1.54, 1.807) is 24.1 Å². The second-order valence-corrected chi connectivity index (χ2v) is 6.79. The third-order valence-corrected chi connectivity index (χ3v) is 4.73. The number of hydrazone groups is 1. The Morgan fingerprint density at radius 1 is 1.18 bits per heavy atom. The van der Waals surface area contributed by atoms with Crippen molar-refractivity contribution in [3.63, 3.8) is 0 Å². The molecule has 1 aliphatic carbocycles. The van der Waals surface area contributed by atoms with Gasteiger partial charge in [-0.15, -0.1) is 11.8 Å². The standard InChI is InChI=1S/C18H16FN7OS/c1-28-14-8-2-11(3-9-14)10-20-24-16-15(21-13-6-4-12(19)5-7-13)22-17-18(23-16)26-27-25-17/h2-6,8-10,13H,7H2,1H3,(H,21,22,25)(H,23,24,26)/b20-10-/t13-/m1/s1. The number of fused-ring (bicyclic) bond motifs is 1. The van der Waals surface area contributed by atoms with Gasteiger partial charge in [0.1, 0.15) is 5.83 Å². The summed E-state index contributed by atoms with van der Waals surface area (Å²) in [6, 6.07) is 7.86. The number of aromatic nitrogens is 4. The molecule has 1 aromatic carbocycles. The van der Waals surface area contributed by atoms with Crippen LogP contribution in [0, 0.1) is 0 Å². The summed E-state index contributed by atoms with van der Waals surface area (Å²) >= 11 is 1.68. The largest absolute Gasteiger partial charge is 0.360 e. The van der Waals surface area contributed by atoms with Crippen molar-refractivity contribution in [3.05, 3.63) is 53.9 Å². The molecule has 0 saturated heterocycles. The monoisotopic (exact) mass is 397 g/mol. The van der Waals surface area contributed by atoms with Gasteiger partial charge in [-0.3, -0.25) is 5.43 Å². The Bertz CT molecular complexity index is 1060. The van der Waals surface area contributed by atoms with Crippen LogP contribution >= 0.6 is 11.8 Å². The third-order valence-electron chi connectivity index (χ3n) is 3.99. The lowest BCUT2D eigenvalue weighted by molar-refractivity contribution is 0.314. The van der Waals surface area contributed by atoms with Gasteiger partial charge in [0.2, 0.25) is 11.3 Å². The molecule has 0 amide bonds. The van der Waals surface area contributed by atoms with Crippen LogP contribution in [-0.2, 0) is 0 Å². The molecule has 0 aliphatic heterocycles. The van der Waals surface area contributed by atoms with Crippen LogP contribution in [0.1, 0.15) is 12.0 Å². The van der Waals surface area contributed by atoms with E-state index in [1.165, 1.54) is 17.0 Å². The predicted molar refractivity (Wildman–Crippen MR) is 107 cm³/mol. The number of hydrogen-bond acceptors (Lipinski definition) is 9. The van der Waals surface area contributed by atoms with Crippen molar-refractivity contribution < 1.29 is 9.02 Å². The second kappa shape index (κ2) is 8.17. The first-order valence-electron chi connectivity index (χ1n) is 8.45. The second-order valence-electron chi connectivity index (χ2n) is 5.91. The number of halogens is 1. The Hall–Kier alpha value is -3.27. The van der Waals surface area contributed by atoms with Crippen LogP contribution in [0.25, 0.3) is 11.3 Å². The smallest absolute Gasteiger partial charge is 0.245 e. The van der Waals surface area contributed by atoms with Gasteiger partial charge < -0.3 is 5.32 Å². The first-order valence-corrected chi connectivity index (χ1v) is 9.67. The van der Waals surface area contributed by atoms with Crippen LogP contribution in [0.5, 0.6) is 0 Å². The molecule has 0 spiro atoms. The van der Waals surface area contributed by atoms with Crippen LogP contribution in [0.2, 0.25) is 0 Å². The molecule has 0 unspecified atom stereocenters. The quantitative estimate of drug-likeness (QED) is 0.368. The highest BCUT2D eigenvalue weighted by molar-refractivity contribution is 7.98. The molecule has 2 N–H and O–H groups in total. The Kier molecular flexibility index (Phi) is 5.29. The van der Waals surface area contributed by atoms with E-state index < -0.39 is 0 Å². The fraction of sp³-hybridized carbons (Fsp3) is 0.167. The van der Waals surface area contributed by atoms with Gasteiger partial charge in [-0.25, -0.2) is 14.0 Å². The first-order chi connectivity index (χ1) is 13.7. The molecule has 0 radical (unpaired) electrons. The highest BCUT2D eigenvalue weighted by atomic mass is 32.2. The van der Waals surface area contributed by atoms with Crippen molar-refractivity contribution in [1.82, 2.24) is 20.3 Å². The van der Waals surface area contributed by atoms with E-state index in [9.17, 15) is 4.39 Å². The average molecular weight is 397 g/mol. The van der Waals surface area contributed by atoms with Crippen molar-refractivity contribution in [3.8, 4) is 0 Å². The molecule has 28 heavy (non-hydrogen) atoms. The highest BCUT2D eigenvalue weighted by Gasteiger charge is 2.16. The van der Waals surface area contributed by atoms with Gasteiger partial charge in [0.25, 0.3) is 0 Å². The summed E-state index contributed by atoms with van der Waals surface area (Å²) in [5, 5.41) is 14.8. The minimum atomic E-state index is -0.254. The maximum atomic E-state index is 13.2. The van der Waals surface area contributed by atoms with E-state index in [0.29, 0.717) is 18.1 Å². The summed E-state index contributed by atoms with van der Waals surface area (Å²) < 4.78 is 17.9. The molecule has 1 aliphatic rings. The first kappa shape index (κ1) is 18.1. The summed E-state index contributed by atoms with van der Waals surface area (Å²) in [5.41, 5.74) is 4.34. The Balaban J connectivity index is 1.54. The Morgan fingerprint density at radius 2 is 1.93 bits per heavy atom. The number of thioether (sulfide) groups is 1. The molecular formula is C18H16FN7OS. The minimum absolute atomic E-state index is 0.130. The SMILES string of the molecule is CSc1ccc(/C=N\Nc2nc3nonc3nc2N[C@@H]2C=CC(F)=CC2)cc1. The van der Waals surface area contributed by atoms with Crippen LogP contribution in [0.3, 0.4) is 0 Å². The fourth-order valence-corrected chi connectivity index (χ4v) is 2.96. The molecule has 10 heteroatoms. The van der Waals surface area contributed by atoms with Crippen LogP contribution < -0.4 is 10.7 Å². The Labute approximate surface area is 164 Å². The number of allylic oxidation sites excluding steroid dienone is 2. The predicted octanol–water partition coefficient (Wildman–Crippen LogP) is 3.77. The van der Waals surface area contributed by atoms with E-state index in [1.807, 2.05) is 30.5 Å². The molecule has 3 aromatic rings. The van der Waals surface area contributed by atoms with Gasteiger partial charge in [0, 0.05) is 10.9 Å². The zero-order chi connectivity index (χ0) is 19.3. The molecule has 2 heterocycles. The lowest BCUT2D eigenvalue weighted by atomic mass is 10.1. The molecule has 0 saturated carbocycles. The van der Waals surface area contributed by atoms with Crippen LogP contribution in [0.15, 0.2) is 62.9 Å². The molecule has 8 nitrogen and oxygen atoms in total. The van der Waals surface area contributed by atoms with Crippen molar-refractivity contribution >= 4 is 40.9 Å². The third kappa shape index (κ3) is 4.17. The molecule has 4 rings (SSSR count). The van der Waals surface area contributed by atoms with Crippen molar-refractivity contribution in [2.75, 3.05) is 17.0 Å². The Morgan fingerprint density at radius 3 is 2.61 bits per heavy atom. The van der Waals surface area contributed by atoms with Gasteiger partial charge in [-0.1, -0.05) is 18.2 Å². The zero-order valence-electron chi connectivity index (χ0n) is 14.8. The minimum Gasteiger partial charge on any atom is -0.360 e. The van der Waals surface area contributed by atoms with E-state index in [2.05, 4.69) is 40.8 Å². The maximum Gasteiger partial charge on any atom is 0.245 e. The molecule has 142 valence electrons. The summed E-state index contributed by atoms with van der Waals surface area (Å²) in [6.45, 7) is 0. The van der Waals surface area contributed by atoms with Crippen molar-refractivity contribution in [1.29, 1.82) is 0 Å². The molecular weight excluding hydrogens is 381 g/mol. The van der Waals surface area contributed by atoms with Crippen molar-refractivity contribution in [2.24, 2.45) is 5.10 Å². The van der Waals surface area contributed by atoms with Crippen LogP contribution in [0.4, 0.5) is 16.0 Å². The number of benzene rings is 1. The van der Waals surface area contributed by atoms with E-state index >= 15 is 0 Å². The highest BCUT2D eigenvalue weighted by Crippen LogP contribution is 2.23. The number of rotatable bonds is 6. The number of nitrogens with one attached hydrogen (secondary N) is 2. The number of hydrogen-bond donors (Lipinski definition) is 2. The molecule has 2 aromatic heterocycles. The molecule has 0 fully saturated rings. The van der Waals surface area contributed by atoms with Crippen LogP contribution in [-0.4, -0.2) is 38.8 Å². The van der Waals surface area contributed by atoms with Gasteiger partial charge in [0.05, 0.1) is 6.21 Å². The summed E-state index contributed by atoms with van der Waals surface area (Å²) in [5.74, 6) is 0.530. The topological polar surface area (TPSA) is 101 Å². The average Bonchev–Trinajstić information content (AvgIpc) is 3.17.